The number of carboxylic acid groups (broad SMARTS) is 1. The molecule has 5 heteroatoms. The van der Waals surface area contributed by atoms with Crippen LogP contribution >= 0.6 is 27.7 Å². The molecule has 0 fully saturated rings. The lowest BCUT2D eigenvalue weighted by molar-refractivity contribution is 0.0693. The zero-order chi connectivity index (χ0) is 13.8. The maximum Gasteiger partial charge on any atom is 0.336 e. The van der Waals surface area contributed by atoms with E-state index in [0.717, 1.165) is 15.1 Å². The third-order valence-electron chi connectivity index (χ3n) is 2.46. The first kappa shape index (κ1) is 14.0. The fourth-order valence-electron chi connectivity index (χ4n) is 1.58. The van der Waals surface area contributed by atoms with Gasteiger partial charge in [-0.25, -0.2) is 4.79 Å². The van der Waals surface area contributed by atoms with Gasteiger partial charge in [-0.3, -0.25) is 0 Å². The van der Waals surface area contributed by atoms with Crippen LogP contribution in [-0.4, -0.2) is 18.2 Å². The number of rotatable bonds is 4. The standard InChI is InChI=1S/C14H11BrO3S/c1-18-11-4-2-3-5-12(11)19-13-8-9(15)6-7-10(13)14(16)17/h2-8H,1H3,(H,16,17). The monoisotopic (exact) mass is 338 g/mol. The number of methoxy groups -OCH3 is 1. The highest BCUT2D eigenvalue weighted by molar-refractivity contribution is 9.10. The Hall–Kier alpha value is -1.46. The van der Waals surface area contributed by atoms with E-state index < -0.39 is 5.97 Å². The number of hydrogen-bond acceptors (Lipinski definition) is 3. The summed E-state index contributed by atoms with van der Waals surface area (Å²) < 4.78 is 6.11. The molecule has 0 bridgehead atoms. The van der Waals surface area contributed by atoms with Crippen LogP contribution in [0.3, 0.4) is 0 Å². The summed E-state index contributed by atoms with van der Waals surface area (Å²) in [5, 5.41) is 9.20. The SMILES string of the molecule is COc1ccccc1Sc1cc(Br)ccc1C(=O)O. The first-order chi connectivity index (χ1) is 9.11. The predicted octanol–water partition coefficient (Wildman–Crippen LogP) is 4.31. The fraction of sp³-hybridized carbons (Fsp3) is 0.0714. The van der Waals surface area contributed by atoms with E-state index in [1.165, 1.54) is 11.8 Å². The van der Waals surface area contributed by atoms with E-state index in [-0.39, 0.29) is 5.56 Å². The molecule has 0 saturated carbocycles. The van der Waals surface area contributed by atoms with Crippen molar-refractivity contribution in [3.05, 3.63) is 52.5 Å². The lowest BCUT2D eigenvalue weighted by atomic mass is 10.2. The van der Waals surface area contributed by atoms with Crippen molar-refractivity contribution in [1.82, 2.24) is 0 Å². The number of benzene rings is 2. The van der Waals surface area contributed by atoms with Gasteiger partial charge in [0.2, 0.25) is 0 Å². The van der Waals surface area contributed by atoms with E-state index in [9.17, 15) is 9.90 Å². The molecule has 2 aromatic carbocycles. The molecule has 2 rings (SSSR count). The molecule has 98 valence electrons. The highest BCUT2D eigenvalue weighted by atomic mass is 79.9. The van der Waals surface area contributed by atoms with Gasteiger partial charge in [0.25, 0.3) is 0 Å². The van der Waals surface area contributed by atoms with Gasteiger partial charge in [0.1, 0.15) is 5.75 Å². The molecule has 0 spiro atoms. The van der Waals surface area contributed by atoms with Crippen LogP contribution in [0.4, 0.5) is 0 Å². The lowest BCUT2D eigenvalue weighted by Crippen LogP contribution is -1.98. The average molecular weight is 339 g/mol. The van der Waals surface area contributed by atoms with Crippen LogP contribution in [0.25, 0.3) is 0 Å². The van der Waals surface area contributed by atoms with E-state index in [4.69, 9.17) is 4.74 Å². The van der Waals surface area contributed by atoms with Crippen molar-refractivity contribution < 1.29 is 14.6 Å². The van der Waals surface area contributed by atoms with Crippen LogP contribution in [0.5, 0.6) is 5.75 Å². The number of para-hydroxylation sites is 1. The number of carboxylic acids is 1. The summed E-state index contributed by atoms with van der Waals surface area (Å²) in [6.45, 7) is 0. The average Bonchev–Trinajstić information content (AvgIpc) is 2.39. The summed E-state index contributed by atoms with van der Waals surface area (Å²) in [4.78, 5) is 12.8. The molecule has 0 atom stereocenters. The van der Waals surface area contributed by atoms with Gasteiger partial charge in [0, 0.05) is 9.37 Å². The van der Waals surface area contributed by atoms with Crippen molar-refractivity contribution in [1.29, 1.82) is 0 Å². The van der Waals surface area contributed by atoms with Gasteiger partial charge >= 0.3 is 5.97 Å². The molecule has 3 nitrogen and oxygen atoms in total. The smallest absolute Gasteiger partial charge is 0.336 e. The zero-order valence-electron chi connectivity index (χ0n) is 10.1. The molecular formula is C14H11BrO3S. The number of aromatic carboxylic acids is 1. The molecule has 0 aromatic heterocycles. The summed E-state index contributed by atoms with van der Waals surface area (Å²) in [6, 6.07) is 12.6. The minimum atomic E-state index is -0.940. The first-order valence-electron chi connectivity index (χ1n) is 5.45. The van der Waals surface area contributed by atoms with E-state index in [0.29, 0.717) is 4.90 Å². The molecular weight excluding hydrogens is 328 g/mol. The summed E-state index contributed by atoms with van der Waals surface area (Å²) in [5.41, 5.74) is 0.277. The van der Waals surface area contributed by atoms with Crippen LogP contribution in [-0.2, 0) is 0 Å². The fourth-order valence-corrected chi connectivity index (χ4v) is 3.18. The van der Waals surface area contributed by atoms with Crippen molar-refractivity contribution in [3.8, 4) is 5.75 Å². The van der Waals surface area contributed by atoms with Crippen LogP contribution in [0.2, 0.25) is 0 Å². The maximum absolute atomic E-state index is 11.2. The van der Waals surface area contributed by atoms with Gasteiger partial charge in [0.15, 0.2) is 0 Å². The Morgan fingerprint density at radius 2 is 1.95 bits per heavy atom. The minimum Gasteiger partial charge on any atom is -0.496 e. The minimum absolute atomic E-state index is 0.277. The Balaban J connectivity index is 2.42. The van der Waals surface area contributed by atoms with Gasteiger partial charge < -0.3 is 9.84 Å². The second-order valence-corrected chi connectivity index (χ2v) is 5.70. The van der Waals surface area contributed by atoms with Gasteiger partial charge in [-0.15, -0.1) is 0 Å². The van der Waals surface area contributed by atoms with Crippen molar-refractivity contribution in [3.63, 3.8) is 0 Å². The zero-order valence-corrected chi connectivity index (χ0v) is 12.5. The third-order valence-corrected chi connectivity index (χ3v) is 4.07. The normalized spacial score (nSPS) is 10.2. The van der Waals surface area contributed by atoms with E-state index in [1.54, 1.807) is 25.3 Å². The molecule has 19 heavy (non-hydrogen) atoms. The Morgan fingerprint density at radius 3 is 2.63 bits per heavy atom. The van der Waals surface area contributed by atoms with Crippen LogP contribution in [0.15, 0.2) is 56.7 Å². The Kier molecular flexibility index (Phi) is 4.50. The highest BCUT2D eigenvalue weighted by Crippen LogP contribution is 2.37. The Labute approximate surface area is 123 Å². The molecule has 0 unspecified atom stereocenters. The maximum atomic E-state index is 11.2. The van der Waals surface area contributed by atoms with Crippen molar-refractivity contribution in [2.75, 3.05) is 7.11 Å². The van der Waals surface area contributed by atoms with Crippen LogP contribution in [0, 0.1) is 0 Å². The summed E-state index contributed by atoms with van der Waals surface area (Å²) in [7, 11) is 1.60. The molecule has 0 amide bonds. The second kappa shape index (κ2) is 6.12. The van der Waals surface area contributed by atoms with Gasteiger partial charge in [-0.05, 0) is 30.3 Å². The Morgan fingerprint density at radius 1 is 1.21 bits per heavy atom. The number of hydrogen-bond donors (Lipinski definition) is 1. The van der Waals surface area contributed by atoms with E-state index in [1.807, 2.05) is 24.3 Å². The number of carbonyl (C=O) groups is 1. The molecule has 0 heterocycles. The predicted molar refractivity (Wildman–Crippen MR) is 78.2 cm³/mol. The van der Waals surface area contributed by atoms with Crippen molar-refractivity contribution in [2.24, 2.45) is 0 Å². The number of ether oxygens (including phenoxy) is 1. The largest absolute Gasteiger partial charge is 0.496 e. The second-order valence-electron chi connectivity index (χ2n) is 3.70. The Bertz CT molecular complexity index is 613. The van der Waals surface area contributed by atoms with Crippen LogP contribution in [0.1, 0.15) is 10.4 Å². The quantitative estimate of drug-likeness (QED) is 0.902. The molecule has 1 N–H and O–H groups in total. The van der Waals surface area contributed by atoms with Gasteiger partial charge in [-0.2, -0.15) is 0 Å². The van der Waals surface area contributed by atoms with E-state index >= 15 is 0 Å². The molecule has 2 aromatic rings. The van der Waals surface area contributed by atoms with Crippen molar-refractivity contribution >= 4 is 33.7 Å². The van der Waals surface area contributed by atoms with Gasteiger partial charge in [-0.1, -0.05) is 39.8 Å². The summed E-state index contributed by atoms with van der Waals surface area (Å²) in [5.74, 6) is -0.214. The van der Waals surface area contributed by atoms with Crippen molar-refractivity contribution in [2.45, 2.75) is 9.79 Å². The molecule has 0 radical (unpaired) electrons. The number of halogens is 1. The summed E-state index contributed by atoms with van der Waals surface area (Å²) >= 11 is 4.73. The van der Waals surface area contributed by atoms with Crippen LogP contribution < -0.4 is 4.74 Å². The highest BCUT2D eigenvalue weighted by Gasteiger charge is 2.13. The van der Waals surface area contributed by atoms with Gasteiger partial charge in [0.05, 0.1) is 17.6 Å². The lowest BCUT2D eigenvalue weighted by Gasteiger charge is -2.10. The topological polar surface area (TPSA) is 46.5 Å². The molecule has 0 aliphatic rings. The molecule has 0 aliphatic carbocycles. The molecule has 0 aliphatic heterocycles. The third kappa shape index (κ3) is 3.30. The summed E-state index contributed by atoms with van der Waals surface area (Å²) in [6.07, 6.45) is 0. The molecule has 0 saturated heterocycles. The van der Waals surface area contributed by atoms with E-state index in [2.05, 4.69) is 15.9 Å². The first-order valence-corrected chi connectivity index (χ1v) is 7.06.